The molecule has 0 bridgehead atoms. The van der Waals surface area contributed by atoms with Crippen molar-refractivity contribution in [2.24, 2.45) is 0 Å². The van der Waals surface area contributed by atoms with Crippen molar-refractivity contribution in [2.75, 3.05) is 0 Å². The second kappa shape index (κ2) is 17.7. The summed E-state index contributed by atoms with van der Waals surface area (Å²) in [6, 6.07) is 79.8. The minimum Gasteiger partial charge on any atom is -0.485 e. The van der Waals surface area contributed by atoms with Crippen molar-refractivity contribution in [1.29, 1.82) is 0 Å². The number of nitrogens with zero attached hydrogens (tertiary/aromatic N) is 3. The molecule has 0 saturated heterocycles. The molecule has 0 amide bonds. The van der Waals surface area contributed by atoms with Gasteiger partial charge >= 0.3 is 0 Å². The lowest BCUT2D eigenvalue weighted by atomic mass is 9.77. The van der Waals surface area contributed by atoms with Gasteiger partial charge in [-0.1, -0.05) is 165 Å². The van der Waals surface area contributed by atoms with Gasteiger partial charge in [-0.3, -0.25) is 0 Å². The maximum absolute atomic E-state index is 6.82. The van der Waals surface area contributed by atoms with E-state index in [9.17, 15) is 0 Å². The van der Waals surface area contributed by atoms with Gasteiger partial charge in [-0.15, -0.1) is 0 Å². The Balaban J connectivity index is 0.824. The zero-order valence-electron chi connectivity index (χ0n) is 42.7. The summed E-state index contributed by atoms with van der Waals surface area (Å²) in [5, 5.41) is 6.75. The molecule has 0 spiro atoms. The Hall–Kier alpha value is -9.78. The van der Waals surface area contributed by atoms with Gasteiger partial charge in [0.15, 0.2) is 5.82 Å². The van der Waals surface area contributed by atoms with Crippen LogP contribution in [0.15, 0.2) is 245 Å². The van der Waals surface area contributed by atoms with Crippen LogP contribution < -0.4 is 4.74 Å². The molecule has 5 heterocycles. The largest absolute Gasteiger partial charge is 0.485 e. The quantitative estimate of drug-likeness (QED) is 0.142. The van der Waals surface area contributed by atoms with Gasteiger partial charge in [-0.2, -0.15) is 0 Å². The lowest BCUT2D eigenvalue weighted by Gasteiger charge is -2.27. The van der Waals surface area contributed by atoms with E-state index in [4.69, 9.17) is 23.5 Å². The average Bonchev–Trinajstić information content (AvgIpc) is 4.46. The topological polar surface area (TPSA) is 66.2 Å². The molecule has 3 atom stereocenters. The number of ether oxygens (including phenoxy) is 1. The Bertz CT molecular complexity index is 4740. The first-order valence-corrected chi connectivity index (χ1v) is 27.1. The Labute approximate surface area is 450 Å². The summed E-state index contributed by atoms with van der Waals surface area (Å²) in [5.74, 6) is 1.97. The van der Waals surface area contributed by atoms with E-state index in [-0.39, 0.29) is 17.9 Å². The van der Waals surface area contributed by atoms with E-state index in [0.717, 1.165) is 106 Å². The fourth-order valence-electron chi connectivity index (χ4n) is 13.0. The van der Waals surface area contributed by atoms with E-state index in [2.05, 4.69) is 236 Å². The third kappa shape index (κ3) is 6.96. The second-order valence-electron chi connectivity index (χ2n) is 20.9. The highest BCUT2D eigenvalue weighted by Gasteiger charge is 2.39. The predicted octanol–water partition coefficient (Wildman–Crippen LogP) is 18.9. The lowest BCUT2D eigenvalue weighted by Crippen LogP contribution is -2.22. The van der Waals surface area contributed by atoms with Gasteiger partial charge < -0.3 is 18.1 Å². The Morgan fingerprint density at radius 2 is 1.14 bits per heavy atom. The van der Waals surface area contributed by atoms with Gasteiger partial charge in [-0.25, -0.2) is 9.97 Å². The molecule has 1 aliphatic heterocycles. The molecular weight excluding hydrogens is 955 g/mol. The van der Waals surface area contributed by atoms with Gasteiger partial charge in [0.1, 0.15) is 34.2 Å². The molecule has 10 aromatic carbocycles. The number of hydrogen-bond acceptors (Lipinski definition) is 5. The van der Waals surface area contributed by atoms with E-state index in [1.165, 1.54) is 44.2 Å². The van der Waals surface area contributed by atoms with Crippen molar-refractivity contribution in [3.05, 3.63) is 253 Å². The maximum Gasteiger partial charge on any atom is 0.160 e. The summed E-state index contributed by atoms with van der Waals surface area (Å²) in [6.45, 7) is 2.20. The number of hydrogen-bond donors (Lipinski definition) is 0. The van der Waals surface area contributed by atoms with Gasteiger partial charge in [0, 0.05) is 77.7 Å². The Kier molecular flexibility index (Phi) is 10.1. The summed E-state index contributed by atoms with van der Waals surface area (Å²) in [4.78, 5) is 11.1. The van der Waals surface area contributed by atoms with Gasteiger partial charge in [-0.05, 0) is 120 Å². The first-order valence-electron chi connectivity index (χ1n) is 27.1. The number of allylic oxidation sites excluding steroid dienone is 1. The number of rotatable bonds is 8. The monoisotopic (exact) mass is 1000 g/mol. The maximum atomic E-state index is 6.82. The Morgan fingerprint density at radius 1 is 0.462 bits per heavy atom. The summed E-state index contributed by atoms with van der Waals surface area (Å²) >= 11 is 0. The zero-order valence-corrected chi connectivity index (χ0v) is 42.7. The van der Waals surface area contributed by atoms with Crippen molar-refractivity contribution in [2.45, 2.75) is 37.7 Å². The molecule has 370 valence electrons. The molecule has 6 heteroatoms. The zero-order chi connectivity index (χ0) is 51.4. The first-order chi connectivity index (χ1) is 38.6. The van der Waals surface area contributed by atoms with E-state index < -0.39 is 0 Å². The molecule has 0 fully saturated rings. The van der Waals surface area contributed by atoms with E-state index >= 15 is 0 Å². The molecule has 16 rings (SSSR count). The molecule has 14 aromatic rings. The van der Waals surface area contributed by atoms with Crippen molar-refractivity contribution in [1.82, 2.24) is 14.5 Å². The third-order valence-corrected chi connectivity index (χ3v) is 16.6. The minimum absolute atomic E-state index is 0.0409. The summed E-state index contributed by atoms with van der Waals surface area (Å²) in [5.41, 5.74) is 19.7. The normalized spacial score (nSPS) is 15.9. The van der Waals surface area contributed by atoms with Gasteiger partial charge in [0.05, 0.1) is 22.4 Å². The molecule has 2 aliphatic rings. The van der Waals surface area contributed by atoms with Crippen LogP contribution in [0.5, 0.6) is 5.75 Å². The SMILES string of the molecule is CCc1c(-c2ccccc2)nc(-c2cc(-c3ccccc3)c3c(c2)oc2ccccc23)nc1-c1cccc2oc3ccc(-c4cccc5c4C4CC(c6ccc7c(c6)c6ccccc6n7-c6ccccc6)C=CC4O5)cc3c12. The second-order valence-corrected chi connectivity index (χ2v) is 20.9. The highest BCUT2D eigenvalue weighted by molar-refractivity contribution is 6.15. The van der Waals surface area contributed by atoms with Crippen molar-refractivity contribution in [3.63, 3.8) is 0 Å². The number of fused-ring (bicyclic) bond motifs is 12. The highest BCUT2D eigenvalue weighted by atomic mass is 16.5. The third-order valence-electron chi connectivity index (χ3n) is 16.6. The molecule has 78 heavy (non-hydrogen) atoms. The van der Waals surface area contributed by atoms with Crippen LogP contribution >= 0.6 is 0 Å². The van der Waals surface area contributed by atoms with Crippen LogP contribution in [-0.4, -0.2) is 20.6 Å². The van der Waals surface area contributed by atoms with Crippen LogP contribution in [0.3, 0.4) is 0 Å². The predicted molar refractivity (Wildman–Crippen MR) is 318 cm³/mol. The smallest absolute Gasteiger partial charge is 0.160 e. The van der Waals surface area contributed by atoms with Crippen molar-refractivity contribution in [3.8, 4) is 67.6 Å². The molecule has 4 aromatic heterocycles. The number of aromatic nitrogens is 3. The van der Waals surface area contributed by atoms with Crippen LogP contribution in [0.25, 0.3) is 128 Å². The number of benzene rings is 10. The van der Waals surface area contributed by atoms with E-state index in [0.29, 0.717) is 12.2 Å². The van der Waals surface area contributed by atoms with Crippen LogP contribution in [0.4, 0.5) is 0 Å². The van der Waals surface area contributed by atoms with Crippen LogP contribution in [-0.2, 0) is 6.42 Å². The summed E-state index contributed by atoms with van der Waals surface area (Å²) in [6.07, 6.45) is 6.29. The first kappa shape index (κ1) is 44.5. The molecule has 0 N–H and O–H groups in total. The minimum atomic E-state index is -0.0409. The van der Waals surface area contributed by atoms with Crippen LogP contribution in [0, 0.1) is 0 Å². The lowest BCUT2D eigenvalue weighted by molar-refractivity contribution is 0.240. The summed E-state index contributed by atoms with van der Waals surface area (Å²) < 4.78 is 22.6. The standard InChI is InChI=1S/C72H49N3O3/c1-2-50-70(44-20-8-4-9-21-44)73-72(48-41-55(43-18-6-3-7-19-43)68-53-25-13-15-29-61(53)78-66(68)42-48)74-71(50)54-27-17-31-65-69(54)58-40-47(34-37-63(58)77-65)51-26-16-30-64-67(51)57-39-46(33-36-62(57)76-64)45-32-35-60-56(38-45)52-24-12-14-28-59(52)75(60)49-22-10-5-11-23-49/h3-38,40-42,46,57,62H,2,39H2,1H3. The molecular formula is C72H49N3O3. The van der Waals surface area contributed by atoms with Crippen molar-refractivity contribution >= 4 is 65.7 Å². The summed E-state index contributed by atoms with van der Waals surface area (Å²) in [7, 11) is 0. The average molecular weight is 1000 g/mol. The molecule has 3 unspecified atom stereocenters. The molecule has 0 saturated carbocycles. The molecule has 1 aliphatic carbocycles. The van der Waals surface area contributed by atoms with E-state index in [1.54, 1.807) is 0 Å². The highest BCUT2D eigenvalue weighted by Crippen LogP contribution is 2.52. The van der Waals surface area contributed by atoms with Gasteiger partial charge in [0.2, 0.25) is 0 Å². The van der Waals surface area contributed by atoms with Crippen LogP contribution in [0.1, 0.15) is 41.9 Å². The fraction of sp³-hybridized carbons (Fsp3) is 0.0833. The fourth-order valence-corrected chi connectivity index (χ4v) is 13.0. The molecule has 0 radical (unpaired) electrons. The van der Waals surface area contributed by atoms with Gasteiger partial charge in [0.25, 0.3) is 0 Å². The molecule has 6 nitrogen and oxygen atoms in total. The Morgan fingerprint density at radius 3 is 1.99 bits per heavy atom. The van der Waals surface area contributed by atoms with Crippen LogP contribution in [0.2, 0.25) is 0 Å². The van der Waals surface area contributed by atoms with Crippen molar-refractivity contribution < 1.29 is 13.6 Å². The van der Waals surface area contributed by atoms with E-state index in [1.807, 2.05) is 12.1 Å². The number of furan rings is 2. The number of para-hydroxylation sites is 3.